The fourth-order valence-corrected chi connectivity index (χ4v) is 2.18. The topological polar surface area (TPSA) is 79.9 Å². The summed E-state index contributed by atoms with van der Waals surface area (Å²) in [6, 6.07) is 20.0. The molecule has 2 rings (SSSR count). The van der Waals surface area contributed by atoms with Crippen molar-refractivity contribution in [2.75, 3.05) is 19.7 Å². The number of nitrogens with two attached hydrogens (primary N) is 1. The zero-order valence-electron chi connectivity index (χ0n) is 13.8. The maximum Gasteiger partial charge on any atom is 0.188 e. The van der Waals surface area contributed by atoms with E-state index < -0.39 is 6.10 Å². The Hall–Kier alpha value is -2.37. The van der Waals surface area contributed by atoms with Crippen LogP contribution >= 0.6 is 0 Å². The van der Waals surface area contributed by atoms with E-state index in [9.17, 15) is 5.11 Å². The van der Waals surface area contributed by atoms with Crippen LogP contribution in [0.3, 0.4) is 0 Å². The van der Waals surface area contributed by atoms with Gasteiger partial charge in [-0.2, -0.15) is 0 Å². The van der Waals surface area contributed by atoms with Crippen LogP contribution in [0.15, 0.2) is 65.7 Å². The minimum Gasteiger partial charge on any atom is -0.389 e. The highest BCUT2D eigenvalue weighted by Crippen LogP contribution is 2.01. The number of nitrogens with one attached hydrogen (secondary N) is 1. The lowest BCUT2D eigenvalue weighted by Gasteiger charge is -2.10. The number of aliphatic hydroxyl groups is 1. The van der Waals surface area contributed by atoms with E-state index in [1.54, 1.807) is 0 Å². The third kappa shape index (κ3) is 7.26. The van der Waals surface area contributed by atoms with Gasteiger partial charge in [-0.1, -0.05) is 60.7 Å². The molecule has 128 valence electrons. The summed E-state index contributed by atoms with van der Waals surface area (Å²) >= 11 is 0. The van der Waals surface area contributed by atoms with Gasteiger partial charge >= 0.3 is 0 Å². The fraction of sp³-hybridized carbons (Fsp3) is 0.316. The Balaban J connectivity index is 1.59. The molecule has 4 N–H and O–H groups in total. The van der Waals surface area contributed by atoms with E-state index in [2.05, 4.69) is 22.4 Å². The molecule has 24 heavy (non-hydrogen) atoms. The number of aliphatic hydroxyl groups excluding tert-OH is 1. The van der Waals surface area contributed by atoms with Gasteiger partial charge in [0.15, 0.2) is 5.96 Å². The molecule has 2 aromatic carbocycles. The van der Waals surface area contributed by atoms with E-state index >= 15 is 0 Å². The highest BCUT2D eigenvalue weighted by Gasteiger charge is 2.04. The zero-order valence-corrected chi connectivity index (χ0v) is 13.8. The lowest BCUT2D eigenvalue weighted by atomic mass is 10.1. The number of guanidine groups is 1. The molecule has 1 atom stereocenters. The van der Waals surface area contributed by atoms with Gasteiger partial charge in [0.2, 0.25) is 0 Å². The van der Waals surface area contributed by atoms with Crippen LogP contribution in [0.25, 0.3) is 0 Å². The summed E-state index contributed by atoms with van der Waals surface area (Å²) in [6.07, 6.45) is 0.211. The van der Waals surface area contributed by atoms with Gasteiger partial charge in [0, 0.05) is 6.54 Å². The average molecular weight is 327 g/mol. The molecule has 2 aromatic rings. The van der Waals surface area contributed by atoms with Gasteiger partial charge in [0.05, 0.1) is 25.9 Å². The predicted octanol–water partition coefficient (Wildman–Crippen LogP) is 1.71. The maximum absolute atomic E-state index is 9.86. The number of aliphatic imine (C=N–C) groups is 1. The monoisotopic (exact) mass is 327 g/mol. The van der Waals surface area contributed by atoms with Crippen LogP contribution < -0.4 is 11.1 Å². The largest absolute Gasteiger partial charge is 0.389 e. The molecule has 0 fully saturated rings. The van der Waals surface area contributed by atoms with E-state index in [4.69, 9.17) is 10.5 Å². The average Bonchev–Trinajstić information content (AvgIpc) is 2.62. The molecule has 5 heteroatoms. The number of rotatable bonds is 9. The number of hydrogen-bond acceptors (Lipinski definition) is 3. The molecular formula is C19H25N3O2. The molecule has 0 bridgehead atoms. The Labute approximate surface area is 143 Å². The van der Waals surface area contributed by atoms with Crippen molar-refractivity contribution in [1.29, 1.82) is 0 Å². The molecule has 0 radical (unpaired) electrons. The van der Waals surface area contributed by atoms with Crippen molar-refractivity contribution in [3.8, 4) is 0 Å². The maximum atomic E-state index is 9.86. The molecule has 0 saturated carbocycles. The first-order chi connectivity index (χ1) is 11.7. The summed E-state index contributed by atoms with van der Waals surface area (Å²) < 4.78 is 5.47. The van der Waals surface area contributed by atoms with Crippen molar-refractivity contribution in [1.82, 2.24) is 5.32 Å². The second kappa shape index (κ2) is 10.4. The molecule has 0 saturated heterocycles. The third-order valence-electron chi connectivity index (χ3n) is 3.46. The summed E-state index contributed by atoms with van der Waals surface area (Å²) in [7, 11) is 0. The molecule has 0 spiro atoms. The van der Waals surface area contributed by atoms with Crippen molar-refractivity contribution in [3.05, 3.63) is 71.8 Å². The Morgan fingerprint density at radius 2 is 1.67 bits per heavy atom. The molecule has 0 aliphatic carbocycles. The van der Waals surface area contributed by atoms with E-state index in [1.807, 2.05) is 48.5 Å². The number of nitrogens with zero attached hydrogens (tertiary/aromatic N) is 1. The first-order valence-corrected chi connectivity index (χ1v) is 8.11. The van der Waals surface area contributed by atoms with E-state index in [1.165, 1.54) is 5.56 Å². The SMILES string of the molecule is NC(=NCC(O)COCc1ccccc1)NCCc1ccccc1. The molecular weight excluding hydrogens is 302 g/mol. The second-order valence-electron chi connectivity index (χ2n) is 5.54. The Bertz CT molecular complexity index is 603. The standard InChI is InChI=1S/C19H25N3O2/c20-19(21-12-11-16-7-3-1-4-8-16)22-13-18(23)15-24-14-17-9-5-2-6-10-17/h1-10,18,23H,11-15H2,(H3,20,21,22). The lowest BCUT2D eigenvalue weighted by molar-refractivity contribution is 0.0331. The molecule has 0 aliphatic rings. The first-order valence-electron chi connectivity index (χ1n) is 8.11. The van der Waals surface area contributed by atoms with Crippen LogP contribution in [-0.2, 0) is 17.8 Å². The third-order valence-corrected chi connectivity index (χ3v) is 3.46. The number of ether oxygens (including phenoxy) is 1. The molecule has 1 unspecified atom stereocenters. The lowest BCUT2D eigenvalue weighted by Crippen LogP contribution is -2.34. The van der Waals surface area contributed by atoms with Crippen molar-refractivity contribution in [2.24, 2.45) is 10.7 Å². The Morgan fingerprint density at radius 1 is 1.04 bits per heavy atom. The molecule has 5 nitrogen and oxygen atoms in total. The minimum absolute atomic E-state index is 0.221. The normalized spacial score (nSPS) is 12.8. The van der Waals surface area contributed by atoms with Gasteiger partial charge in [-0.15, -0.1) is 0 Å². The summed E-state index contributed by atoms with van der Waals surface area (Å²) in [4.78, 5) is 4.13. The van der Waals surface area contributed by atoms with E-state index in [0.29, 0.717) is 19.1 Å². The van der Waals surface area contributed by atoms with Crippen LogP contribution in [-0.4, -0.2) is 36.9 Å². The minimum atomic E-state index is -0.664. The van der Waals surface area contributed by atoms with Crippen molar-refractivity contribution < 1.29 is 9.84 Å². The van der Waals surface area contributed by atoms with Crippen LogP contribution in [0.5, 0.6) is 0 Å². The van der Waals surface area contributed by atoms with Gasteiger partial charge < -0.3 is 20.9 Å². The molecule has 0 aromatic heterocycles. The highest BCUT2D eigenvalue weighted by atomic mass is 16.5. The second-order valence-corrected chi connectivity index (χ2v) is 5.54. The summed E-state index contributed by atoms with van der Waals surface area (Å²) in [5.74, 6) is 0.341. The first kappa shape index (κ1) is 18.0. The van der Waals surface area contributed by atoms with Crippen molar-refractivity contribution in [3.63, 3.8) is 0 Å². The smallest absolute Gasteiger partial charge is 0.188 e. The van der Waals surface area contributed by atoms with Gasteiger partial charge in [-0.25, -0.2) is 0 Å². The molecule has 0 aliphatic heterocycles. The van der Waals surface area contributed by atoms with Crippen LogP contribution in [0, 0.1) is 0 Å². The van der Waals surface area contributed by atoms with Gasteiger partial charge in [0.25, 0.3) is 0 Å². The van der Waals surface area contributed by atoms with E-state index in [0.717, 1.165) is 12.0 Å². The number of benzene rings is 2. The summed E-state index contributed by atoms with van der Waals surface area (Å²) in [5.41, 5.74) is 8.11. The van der Waals surface area contributed by atoms with Crippen molar-refractivity contribution >= 4 is 5.96 Å². The van der Waals surface area contributed by atoms with Crippen LogP contribution in [0.1, 0.15) is 11.1 Å². The summed E-state index contributed by atoms with van der Waals surface area (Å²) in [6.45, 7) is 1.64. The highest BCUT2D eigenvalue weighted by molar-refractivity contribution is 5.77. The quantitative estimate of drug-likeness (QED) is 0.484. The van der Waals surface area contributed by atoms with Gasteiger partial charge in [0.1, 0.15) is 0 Å². The van der Waals surface area contributed by atoms with Crippen LogP contribution in [0.2, 0.25) is 0 Å². The zero-order chi connectivity index (χ0) is 17.0. The van der Waals surface area contributed by atoms with Gasteiger partial charge in [-0.3, -0.25) is 4.99 Å². The van der Waals surface area contributed by atoms with Crippen LogP contribution in [0.4, 0.5) is 0 Å². The predicted molar refractivity (Wildman–Crippen MR) is 96.7 cm³/mol. The van der Waals surface area contributed by atoms with Crippen molar-refractivity contribution in [2.45, 2.75) is 19.1 Å². The number of hydrogen-bond donors (Lipinski definition) is 3. The van der Waals surface area contributed by atoms with Gasteiger partial charge in [-0.05, 0) is 17.5 Å². The summed E-state index contributed by atoms with van der Waals surface area (Å²) in [5, 5.41) is 12.9. The van der Waals surface area contributed by atoms with E-state index in [-0.39, 0.29) is 13.2 Å². The molecule has 0 heterocycles. The molecule has 0 amide bonds. The Kier molecular flexibility index (Phi) is 7.80. The Morgan fingerprint density at radius 3 is 2.33 bits per heavy atom. The fourth-order valence-electron chi connectivity index (χ4n) is 2.18.